The molecule has 3 atom stereocenters. The molecule has 0 aromatic rings. The SMILES string of the molecule is CC.CC.CC.CC.CC.CC.CC1=NCC(C)C1.CC1=NCCC1.CC1=NCCC1.CC1=N[N-]CC1.CC1C=N[N-]C1.CC1CC=CC1.CC1CC=NC1.CN1C=NCC1.[Y].[Y]. The first kappa shape index (κ1) is 79.2. The zero-order valence-corrected chi connectivity index (χ0v) is 51.5. The number of aliphatic imine (C=N–C) groups is 5. The van der Waals surface area contributed by atoms with Crippen molar-refractivity contribution in [2.75, 3.05) is 59.4 Å². The Morgan fingerprint density at radius 2 is 1.08 bits per heavy atom. The molecule has 7 aliphatic heterocycles. The average molecular weight is 1040 g/mol. The van der Waals surface area contributed by atoms with Crippen LogP contribution in [0.4, 0.5) is 0 Å². The fourth-order valence-corrected chi connectivity index (χ4v) is 4.94. The van der Waals surface area contributed by atoms with Crippen molar-refractivity contribution in [2.45, 2.75) is 196 Å². The molecule has 63 heavy (non-hydrogen) atoms. The van der Waals surface area contributed by atoms with Crippen LogP contribution >= 0.6 is 0 Å². The van der Waals surface area contributed by atoms with E-state index in [9.17, 15) is 0 Å². The Kier molecular flexibility index (Phi) is 85.0. The van der Waals surface area contributed by atoms with Crippen LogP contribution in [0.3, 0.4) is 0 Å². The van der Waals surface area contributed by atoms with E-state index in [1.807, 2.05) is 116 Å². The molecule has 0 fully saturated rings. The van der Waals surface area contributed by atoms with Gasteiger partial charge in [0.2, 0.25) is 0 Å². The van der Waals surface area contributed by atoms with Crippen LogP contribution in [0.1, 0.15) is 196 Å². The average Bonchev–Trinajstić information content (AvgIpc) is 4.14. The van der Waals surface area contributed by atoms with Gasteiger partial charge in [0, 0.05) is 122 Å². The van der Waals surface area contributed by atoms with E-state index in [0.29, 0.717) is 5.92 Å². The predicted molar refractivity (Wildman–Crippen MR) is 287 cm³/mol. The molecular formula is C51H106N10Y2-2. The Morgan fingerprint density at radius 1 is 0.556 bits per heavy atom. The first-order valence-corrected chi connectivity index (χ1v) is 24.8. The molecule has 3 unspecified atom stereocenters. The maximum Gasteiger partial charge on any atom is 0.0848 e. The van der Waals surface area contributed by atoms with Crippen molar-refractivity contribution in [3.8, 4) is 0 Å². The van der Waals surface area contributed by atoms with Crippen molar-refractivity contribution in [3.05, 3.63) is 23.0 Å². The van der Waals surface area contributed by atoms with Crippen LogP contribution in [-0.2, 0) is 65.4 Å². The third kappa shape index (κ3) is 65.4. The summed E-state index contributed by atoms with van der Waals surface area (Å²) in [6.45, 7) is 49.2. The van der Waals surface area contributed by atoms with Crippen LogP contribution < -0.4 is 0 Å². The van der Waals surface area contributed by atoms with Crippen LogP contribution in [0.15, 0.2) is 47.3 Å². The third-order valence-corrected chi connectivity index (χ3v) is 8.22. The van der Waals surface area contributed by atoms with Crippen LogP contribution in [0.2, 0.25) is 0 Å². The van der Waals surface area contributed by atoms with Gasteiger partial charge in [-0.3, -0.25) is 25.0 Å². The second-order valence-corrected chi connectivity index (χ2v) is 14.3. The van der Waals surface area contributed by atoms with Gasteiger partial charge in [0.1, 0.15) is 0 Å². The smallest absolute Gasteiger partial charge is 0.0848 e. The van der Waals surface area contributed by atoms with Gasteiger partial charge in [-0.1, -0.05) is 123 Å². The summed E-state index contributed by atoms with van der Waals surface area (Å²) in [5, 5.41) is 7.44. The zero-order valence-electron chi connectivity index (χ0n) is 45.8. The molecule has 2 radical (unpaired) electrons. The molecule has 0 bridgehead atoms. The Hall–Kier alpha value is -0.962. The molecule has 7 heterocycles. The summed E-state index contributed by atoms with van der Waals surface area (Å²) in [5.74, 6) is 3.17. The van der Waals surface area contributed by atoms with E-state index in [0.717, 1.165) is 82.2 Å². The van der Waals surface area contributed by atoms with Crippen molar-refractivity contribution >= 4 is 41.6 Å². The van der Waals surface area contributed by atoms with Gasteiger partial charge in [0.05, 0.1) is 12.9 Å². The molecule has 12 heteroatoms. The van der Waals surface area contributed by atoms with Gasteiger partial charge in [-0.2, -0.15) is 0 Å². The van der Waals surface area contributed by atoms with Gasteiger partial charge in [-0.05, 0) is 127 Å². The zero-order chi connectivity index (χ0) is 48.1. The van der Waals surface area contributed by atoms with E-state index in [1.54, 1.807) is 0 Å². The van der Waals surface area contributed by atoms with Gasteiger partial charge >= 0.3 is 0 Å². The number of likely N-dealkylation sites (N-methyl/N-ethyl adjacent to an activating group) is 1. The summed E-state index contributed by atoms with van der Waals surface area (Å²) in [7, 11) is 2.02. The summed E-state index contributed by atoms with van der Waals surface area (Å²) in [6, 6.07) is 0. The van der Waals surface area contributed by atoms with Crippen molar-refractivity contribution in [3.63, 3.8) is 0 Å². The minimum Gasteiger partial charge on any atom is -0.602 e. The van der Waals surface area contributed by atoms with E-state index >= 15 is 0 Å². The van der Waals surface area contributed by atoms with Gasteiger partial charge in [0.15, 0.2) is 0 Å². The van der Waals surface area contributed by atoms with Crippen LogP contribution in [0.5, 0.6) is 0 Å². The van der Waals surface area contributed by atoms with E-state index in [1.165, 1.54) is 68.5 Å². The molecule has 0 amide bonds. The van der Waals surface area contributed by atoms with Gasteiger partial charge < -0.3 is 26.0 Å². The topological polar surface area (TPSA) is 118 Å². The maximum atomic E-state index is 4.23. The maximum absolute atomic E-state index is 4.23. The van der Waals surface area contributed by atoms with Gasteiger partial charge in [-0.25, -0.2) is 0 Å². The number of hydrogen-bond acceptors (Lipinski definition) is 8. The van der Waals surface area contributed by atoms with Crippen molar-refractivity contribution in [2.24, 2.45) is 58.8 Å². The fraction of sp³-hybridized carbons (Fsp3) is 0.824. The Labute approximate surface area is 445 Å². The van der Waals surface area contributed by atoms with Crippen molar-refractivity contribution < 1.29 is 65.4 Å². The molecule has 8 aliphatic rings. The number of nitrogens with zero attached hydrogens (tertiary/aromatic N) is 10. The van der Waals surface area contributed by atoms with E-state index < -0.39 is 0 Å². The molecule has 0 saturated heterocycles. The Morgan fingerprint density at radius 3 is 1.19 bits per heavy atom. The summed E-state index contributed by atoms with van der Waals surface area (Å²) < 4.78 is 0. The molecule has 0 aromatic heterocycles. The van der Waals surface area contributed by atoms with Crippen LogP contribution in [0, 0.1) is 23.7 Å². The van der Waals surface area contributed by atoms with Crippen LogP contribution in [-0.4, -0.2) is 106 Å². The minimum atomic E-state index is 0. The molecule has 0 saturated carbocycles. The second-order valence-electron chi connectivity index (χ2n) is 14.3. The molecule has 8 rings (SSSR count). The summed E-state index contributed by atoms with van der Waals surface area (Å²) in [5.41, 5.74) is 12.6. The fourth-order valence-electron chi connectivity index (χ4n) is 4.94. The van der Waals surface area contributed by atoms with Crippen molar-refractivity contribution in [1.29, 1.82) is 0 Å². The largest absolute Gasteiger partial charge is 0.602 e. The summed E-state index contributed by atoms with van der Waals surface area (Å²) in [6.07, 6.45) is 21.4. The van der Waals surface area contributed by atoms with E-state index in [-0.39, 0.29) is 65.4 Å². The molecule has 1 aliphatic carbocycles. The molecule has 0 N–H and O–H groups in total. The van der Waals surface area contributed by atoms with Crippen molar-refractivity contribution in [1.82, 2.24) is 4.90 Å². The normalized spacial score (nSPS) is 19.9. The van der Waals surface area contributed by atoms with Crippen LogP contribution in [0.25, 0.3) is 10.9 Å². The first-order valence-electron chi connectivity index (χ1n) is 24.8. The molecule has 0 spiro atoms. The number of hydrogen-bond donors (Lipinski definition) is 0. The third-order valence-electron chi connectivity index (χ3n) is 8.22. The Bertz CT molecular complexity index is 1010. The van der Waals surface area contributed by atoms with E-state index in [4.69, 9.17) is 0 Å². The summed E-state index contributed by atoms with van der Waals surface area (Å²) in [4.78, 5) is 22.6. The molecular weight excluding hydrogens is 930 g/mol. The summed E-state index contributed by atoms with van der Waals surface area (Å²) >= 11 is 0. The first-order chi connectivity index (χ1) is 29.5. The van der Waals surface area contributed by atoms with Gasteiger partial charge in [0.25, 0.3) is 0 Å². The molecule has 0 aromatic carbocycles. The standard InChI is InChI=1S/C6H11N.C6H10.3C5H9N.C4H7N2.C4H8N2.C4H7N2.6C2H6.2Y/c1-5-3-6(2)7-4-5;1-6-4-2-3-5-6;1-5-2-3-6-4-5;2*1-5-3-2-4-6-5;1-4-2-5-6-3-4;1-6-3-2-5-4-6;1-4-2-3-5-6-4;6*1-2;;/h5H,3-4H2,1-2H3;2-3,6H,4-5H2,1H3;3,5H,2,4H2,1H3;2*2-4H2,1H3;2,4H,3H2,1H3;4H,2-3H2,1H3;2-3H2,1H3;6*1-2H3;;/q;;;;;-1;;-1;;;;;;;;. The number of rotatable bonds is 0. The molecule has 10 nitrogen and oxygen atoms in total. The predicted octanol–water partition coefficient (Wildman–Crippen LogP) is 15.3. The second kappa shape index (κ2) is 67.6. The Balaban J connectivity index is -0.0000000880. The number of allylic oxidation sites excluding steroid dienone is 2. The quantitative estimate of drug-likeness (QED) is 0.221. The minimum absolute atomic E-state index is 0. The van der Waals surface area contributed by atoms with E-state index in [2.05, 4.69) is 112 Å². The molecule has 368 valence electrons. The van der Waals surface area contributed by atoms with Gasteiger partial charge in [-0.15, -0.1) is 13.1 Å². The monoisotopic (exact) mass is 1040 g/mol.